The Hall–Kier alpha value is -2.93. The molecule has 2 aliphatic rings. The van der Waals surface area contributed by atoms with Gasteiger partial charge in [0, 0.05) is 38.1 Å². The van der Waals surface area contributed by atoms with Gasteiger partial charge in [-0.2, -0.15) is 18.3 Å². The third-order valence-corrected chi connectivity index (χ3v) is 6.31. The minimum Gasteiger partial charge on any atom is -0.378 e. The first-order valence-corrected chi connectivity index (χ1v) is 11.6. The first kappa shape index (κ1) is 25.2. The second kappa shape index (κ2) is 10.4. The maximum absolute atomic E-state index is 13.2. The number of nitrogens with zero attached hydrogens (tertiary/aromatic N) is 5. The van der Waals surface area contributed by atoms with E-state index in [0.29, 0.717) is 18.1 Å². The molecule has 2 saturated heterocycles. The molecule has 1 amide bonds. The molecule has 0 radical (unpaired) electrons. The van der Waals surface area contributed by atoms with E-state index >= 15 is 0 Å². The minimum absolute atomic E-state index is 0.0119. The van der Waals surface area contributed by atoms with E-state index < -0.39 is 35.1 Å². The van der Waals surface area contributed by atoms with Gasteiger partial charge in [-0.05, 0) is 19.8 Å². The van der Waals surface area contributed by atoms with Crippen LogP contribution >= 0.6 is 11.6 Å². The van der Waals surface area contributed by atoms with Crippen molar-refractivity contribution >= 4 is 29.0 Å². The number of anilines is 2. The van der Waals surface area contributed by atoms with Crippen LogP contribution in [0.25, 0.3) is 0 Å². The fourth-order valence-corrected chi connectivity index (χ4v) is 4.52. The molecule has 2 fully saturated rings. The summed E-state index contributed by atoms with van der Waals surface area (Å²) in [6.07, 6.45) is 0.603. The van der Waals surface area contributed by atoms with Gasteiger partial charge in [-0.15, -0.1) is 0 Å². The molecular weight excluding hydrogens is 491 g/mol. The summed E-state index contributed by atoms with van der Waals surface area (Å²) in [5.74, 6) is 0.628. The number of aromatic nitrogens is 4. The summed E-state index contributed by atoms with van der Waals surface area (Å²) in [5.41, 5.74) is -3.11. The Morgan fingerprint density at radius 1 is 1.17 bits per heavy atom. The van der Waals surface area contributed by atoms with Gasteiger partial charge in [-0.3, -0.25) is 9.59 Å². The molecule has 14 heteroatoms. The lowest BCUT2D eigenvalue weighted by atomic mass is 10.0. The Bertz CT molecular complexity index is 1090. The third-order valence-electron chi connectivity index (χ3n) is 6.12. The van der Waals surface area contributed by atoms with Crippen molar-refractivity contribution in [3.8, 4) is 0 Å². The van der Waals surface area contributed by atoms with Crippen LogP contribution < -0.4 is 15.8 Å². The van der Waals surface area contributed by atoms with Gasteiger partial charge in [-0.25, -0.2) is 15.1 Å². The quantitative estimate of drug-likeness (QED) is 0.577. The summed E-state index contributed by atoms with van der Waals surface area (Å²) >= 11 is 5.79. The van der Waals surface area contributed by atoms with Crippen LogP contribution in [0, 0.1) is 0 Å². The molecule has 2 atom stereocenters. The maximum Gasteiger partial charge on any atom is 0.423 e. The van der Waals surface area contributed by atoms with Crippen molar-refractivity contribution in [3.63, 3.8) is 0 Å². The number of amides is 1. The molecule has 190 valence electrons. The molecule has 0 aromatic carbocycles. The molecule has 0 spiro atoms. The molecule has 4 rings (SSSR count). The van der Waals surface area contributed by atoms with E-state index in [2.05, 4.69) is 25.3 Å². The Labute approximate surface area is 203 Å². The highest BCUT2D eigenvalue weighted by Crippen LogP contribution is 2.32. The summed E-state index contributed by atoms with van der Waals surface area (Å²) in [6.45, 7) is 3.61. The summed E-state index contributed by atoms with van der Waals surface area (Å²) < 4.78 is 45.4. The van der Waals surface area contributed by atoms with E-state index in [1.165, 1.54) is 6.20 Å². The van der Waals surface area contributed by atoms with E-state index in [9.17, 15) is 22.8 Å². The molecule has 2 N–H and O–H groups in total. The zero-order chi connectivity index (χ0) is 25.2. The summed E-state index contributed by atoms with van der Waals surface area (Å²) in [7, 11) is 0. The van der Waals surface area contributed by atoms with Gasteiger partial charge < -0.3 is 19.9 Å². The van der Waals surface area contributed by atoms with Gasteiger partial charge in [-0.1, -0.05) is 11.6 Å². The molecule has 0 aliphatic carbocycles. The lowest BCUT2D eigenvalue weighted by Gasteiger charge is -2.37. The Kier molecular flexibility index (Phi) is 7.45. The van der Waals surface area contributed by atoms with Crippen molar-refractivity contribution in [1.29, 1.82) is 0 Å². The van der Waals surface area contributed by atoms with Crippen molar-refractivity contribution in [3.05, 3.63) is 39.7 Å². The predicted molar refractivity (Wildman–Crippen MR) is 121 cm³/mol. The monoisotopic (exact) mass is 515 g/mol. The van der Waals surface area contributed by atoms with Gasteiger partial charge in [0.2, 0.25) is 0 Å². The van der Waals surface area contributed by atoms with Crippen LogP contribution in [0.1, 0.15) is 31.7 Å². The topological polar surface area (TPSA) is 116 Å². The highest BCUT2D eigenvalue weighted by molar-refractivity contribution is 6.29. The van der Waals surface area contributed by atoms with Crippen LogP contribution in [0.2, 0.25) is 5.15 Å². The number of likely N-dealkylation sites (tertiary alicyclic amines) is 1. The van der Waals surface area contributed by atoms with Crippen molar-refractivity contribution in [2.75, 3.05) is 36.5 Å². The van der Waals surface area contributed by atoms with Crippen LogP contribution in [0.5, 0.6) is 0 Å². The third kappa shape index (κ3) is 5.84. The molecule has 2 aliphatic heterocycles. The molecule has 2 aromatic heterocycles. The number of carbonyl (C=O) groups is 1. The zero-order valence-electron chi connectivity index (χ0n) is 18.9. The number of alkyl halides is 3. The molecular formula is C21H25ClF3N7O3. The average Bonchev–Trinajstić information content (AvgIpc) is 3.18. The minimum atomic E-state index is -4.84. The lowest BCUT2D eigenvalue weighted by Crippen LogP contribution is -2.47. The standard InChI is InChI=1S/C21H25ClF3N7O3/c1-12(29-14-8-28-30-19(33)18(14)21(23,24)25)11-35-15-4-7-32(20(15)34)13-2-5-31(6-3-13)17-10-26-16(22)9-27-17/h8-10,12-13,15H,2-7,11H2,1H3,(H2,29,30,33)/t12-,15+/m0/s1. The highest BCUT2D eigenvalue weighted by atomic mass is 35.5. The zero-order valence-corrected chi connectivity index (χ0v) is 19.6. The normalized spacial score (nSPS) is 20.4. The van der Waals surface area contributed by atoms with E-state index in [1.54, 1.807) is 18.2 Å². The van der Waals surface area contributed by atoms with Crippen molar-refractivity contribution < 1.29 is 22.7 Å². The number of carbonyl (C=O) groups excluding carboxylic acids is 1. The van der Waals surface area contributed by atoms with Gasteiger partial charge in [0.25, 0.3) is 11.5 Å². The van der Waals surface area contributed by atoms with Crippen molar-refractivity contribution in [1.82, 2.24) is 25.1 Å². The average molecular weight is 516 g/mol. The molecule has 4 heterocycles. The predicted octanol–water partition coefficient (Wildman–Crippen LogP) is 2.32. The summed E-state index contributed by atoms with van der Waals surface area (Å²) in [4.78, 5) is 36.8. The van der Waals surface area contributed by atoms with E-state index in [-0.39, 0.29) is 18.6 Å². The number of ether oxygens (including phenoxy) is 1. The van der Waals surface area contributed by atoms with Crippen LogP contribution in [0.15, 0.2) is 23.4 Å². The number of nitrogens with one attached hydrogen (secondary N) is 2. The first-order chi connectivity index (χ1) is 16.6. The molecule has 0 saturated carbocycles. The van der Waals surface area contributed by atoms with Crippen LogP contribution in [0.3, 0.4) is 0 Å². The summed E-state index contributed by atoms with van der Waals surface area (Å²) in [6, 6.07) is -0.509. The van der Waals surface area contributed by atoms with Crippen LogP contribution in [-0.2, 0) is 15.7 Å². The SMILES string of the molecule is C[C@@H](CO[C@@H]1CCN(C2CCN(c3cnc(Cl)cn3)CC2)C1=O)Nc1cn[nH]c(=O)c1C(F)(F)F. The smallest absolute Gasteiger partial charge is 0.378 e. The second-order valence-corrected chi connectivity index (χ2v) is 8.98. The fraction of sp³-hybridized carbons (Fsp3) is 0.571. The molecule has 0 bridgehead atoms. The molecule has 10 nitrogen and oxygen atoms in total. The lowest BCUT2D eigenvalue weighted by molar-refractivity contribution is -0.139. The number of aromatic amines is 1. The van der Waals surface area contributed by atoms with E-state index in [1.807, 2.05) is 4.90 Å². The number of hydrogen-bond acceptors (Lipinski definition) is 8. The number of rotatable bonds is 7. The fourth-order valence-electron chi connectivity index (χ4n) is 4.42. The first-order valence-electron chi connectivity index (χ1n) is 11.2. The van der Waals surface area contributed by atoms with E-state index in [0.717, 1.165) is 37.9 Å². The van der Waals surface area contributed by atoms with Gasteiger partial charge >= 0.3 is 6.18 Å². The Morgan fingerprint density at radius 2 is 1.91 bits per heavy atom. The number of piperidine rings is 1. The highest BCUT2D eigenvalue weighted by Gasteiger charge is 2.39. The number of hydrogen-bond donors (Lipinski definition) is 2. The van der Waals surface area contributed by atoms with Crippen molar-refractivity contribution in [2.45, 2.75) is 50.6 Å². The second-order valence-electron chi connectivity index (χ2n) is 8.59. The number of H-pyrrole nitrogens is 1. The summed E-state index contributed by atoms with van der Waals surface area (Å²) in [5, 5.41) is 8.17. The molecule has 0 unspecified atom stereocenters. The Morgan fingerprint density at radius 3 is 2.57 bits per heavy atom. The number of halogens is 4. The van der Waals surface area contributed by atoms with Crippen molar-refractivity contribution in [2.24, 2.45) is 0 Å². The van der Waals surface area contributed by atoms with Gasteiger partial charge in [0.15, 0.2) is 0 Å². The molecule has 35 heavy (non-hydrogen) atoms. The van der Waals surface area contributed by atoms with Gasteiger partial charge in [0.1, 0.15) is 22.6 Å². The Balaban J connectivity index is 1.27. The maximum atomic E-state index is 13.2. The van der Waals surface area contributed by atoms with E-state index in [4.69, 9.17) is 16.3 Å². The molecule has 2 aromatic rings. The van der Waals surface area contributed by atoms with Gasteiger partial charge in [0.05, 0.1) is 30.9 Å². The van der Waals surface area contributed by atoms with Crippen LogP contribution in [-0.4, -0.2) is 75.4 Å². The van der Waals surface area contributed by atoms with Crippen LogP contribution in [0.4, 0.5) is 24.7 Å². The largest absolute Gasteiger partial charge is 0.423 e.